The van der Waals surface area contributed by atoms with Crippen LogP contribution < -0.4 is 9.47 Å². The molecule has 0 bridgehead atoms. The van der Waals surface area contributed by atoms with Gasteiger partial charge < -0.3 is 14.6 Å². The van der Waals surface area contributed by atoms with Crippen LogP contribution >= 0.6 is 0 Å². The predicted molar refractivity (Wildman–Crippen MR) is 106 cm³/mol. The van der Waals surface area contributed by atoms with Crippen LogP contribution in [0.5, 0.6) is 17.2 Å². The third-order valence-electron chi connectivity index (χ3n) is 4.01. The van der Waals surface area contributed by atoms with E-state index in [0.717, 1.165) is 11.3 Å². The van der Waals surface area contributed by atoms with Crippen molar-refractivity contribution in [1.29, 1.82) is 0 Å². The van der Waals surface area contributed by atoms with Crippen molar-refractivity contribution < 1.29 is 23.6 Å². The summed E-state index contributed by atoms with van der Waals surface area (Å²) in [5.41, 5.74) is 1.81. The zero-order chi connectivity index (χ0) is 20.1. The molecule has 1 aromatic heterocycles. The highest BCUT2D eigenvalue weighted by atomic mass is 32.2. The van der Waals surface area contributed by atoms with Gasteiger partial charge in [-0.25, -0.2) is 4.79 Å². The zero-order valence-corrected chi connectivity index (χ0v) is 16.2. The Bertz CT molecular complexity index is 1020. The molecule has 7 heteroatoms. The zero-order valence-electron chi connectivity index (χ0n) is 15.4. The van der Waals surface area contributed by atoms with Crippen molar-refractivity contribution in [2.45, 2.75) is 18.4 Å². The highest BCUT2D eigenvalue weighted by Gasteiger charge is 2.11. The smallest absolute Gasteiger partial charge is 0.335 e. The van der Waals surface area contributed by atoms with Crippen LogP contribution in [-0.2, 0) is 17.4 Å². The van der Waals surface area contributed by atoms with Crippen LogP contribution in [-0.4, -0.2) is 26.5 Å². The van der Waals surface area contributed by atoms with Crippen LogP contribution in [0.15, 0.2) is 65.7 Å². The third-order valence-corrected chi connectivity index (χ3v) is 4.95. The summed E-state index contributed by atoms with van der Waals surface area (Å²) >= 11 is 0. The summed E-state index contributed by atoms with van der Waals surface area (Å²) in [6.45, 7) is 2.15. The molecule has 0 spiro atoms. The van der Waals surface area contributed by atoms with Crippen molar-refractivity contribution >= 4 is 16.8 Å². The van der Waals surface area contributed by atoms with Gasteiger partial charge >= 0.3 is 5.97 Å². The van der Waals surface area contributed by atoms with E-state index in [1.807, 2.05) is 19.1 Å². The Kier molecular flexibility index (Phi) is 6.06. The molecule has 2 aromatic carbocycles. The minimum Gasteiger partial charge on any atom is -0.487 e. The molecule has 1 heterocycles. The molecular formula is C21H19NO5S. The maximum atomic E-state index is 11.5. The second-order valence-corrected chi connectivity index (χ2v) is 7.46. The van der Waals surface area contributed by atoms with Crippen molar-refractivity contribution in [2.75, 3.05) is 6.26 Å². The second kappa shape index (κ2) is 8.67. The summed E-state index contributed by atoms with van der Waals surface area (Å²) in [5, 5.41) is 9.37. The molecule has 144 valence electrons. The molecule has 6 nitrogen and oxygen atoms in total. The van der Waals surface area contributed by atoms with E-state index < -0.39 is 16.8 Å². The average Bonchev–Trinajstić information content (AvgIpc) is 2.67. The number of hydrogen-bond donors (Lipinski definition) is 1. The van der Waals surface area contributed by atoms with Gasteiger partial charge in [0.05, 0.1) is 11.3 Å². The highest BCUT2D eigenvalue weighted by Crippen LogP contribution is 2.28. The topological polar surface area (TPSA) is 85.7 Å². The van der Waals surface area contributed by atoms with Crippen molar-refractivity contribution in [3.8, 4) is 17.2 Å². The molecule has 0 aliphatic rings. The normalized spacial score (nSPS) is 11.6. The van der Waals surface area contributed by atoms with Gasteiger partial charge in [-0.05, 0) is 55.0 Å². The SMILES string of the molecule is Cc1cccnc1COc1cc(Oc2ccc(S(C)=O)cc2)cc(C(=O)O)c1. The standard InChI is InChI=1S/C21H19NO5S/c1-14-4-3-9-22-20(14)13-26-17-10-15(21(23)24)11-18(12-17)27-16-5-7-19(8-6-16)28(2)25/h3-12H,13H2,1-2H3,(H,23,24). The van der Waals surface area contributed by atoms with E-state index in [4.69, 9.17) is 9.47 Å². The van der Waals surface area contributed by atoms with Crippen LogP contribution in [0.25, 0.3) is 0 Å². The Morgan fingerprint density at radius 2 is 1.79 bits per heavy atom. The minimum absolute atomic E-state index is 0.0523. The first-order chi connectivity index (χ1) is 13.4. The fourth-order valence-corrected chi connectivity index (χ4v) is 3.01. The third kappa shape index (κ3) is 4.95. The van der Waals surface area contributed by atoms with E-state index in [1.54, 1.807) is 42.8 Å². The molecule has 1 unspecified atom stereocenters. The fourth-order valence-electron chi connectivity index (χ4n) is 2.49. The predicted octanol–water partition coefficient (Wildman–Crippen LogP) is 4.20. The number of nitrogens with zero attached hydrogens (tertiary/aromatic N) is 1. The van der Waals surface area contributed by atoms with Gasteiger partial charge in [-0.3, -0.25) is 9.19 Å². The van der Waals surface area contributed by atoms with Gasteiger partial charge in [0.2, 0.25) is 0 Å². The Morgan fingerprint density at radius 1 is 1.07 bits per heavy atom. The van der Waals surface area contributed by atoms with Crippen molar-refractivity contribution in [3.63, 3.8) is 0 Å². The molecule has 0 amide bonds. The van der Waals surface area contributed by atoms with Gasteiger partial charge in [-0.1, -0.05) is 6.07 Å². The van der Waals surface area contributed by atoms with Crippen LogP contribution in [0.1, 0.15) is 21.6 Å². The van der Waals surface area contributed by atoms with Crippen molar-refractivity contribution in [2.24, 2.45) is 0 Å². The summed E-state index contributed by atoms with van der Waals surface area (Å²) < 4.78 is 23.0. The number of aryl methyl sites for hydroxylation is 1. The molecule has 1 N–H and O–H groups in total. The minimum atomic E-state index is -1.08. The number of pyridine rings is 1. The molecule has 0 radical (unpaired) electrons. The summed E-state index contributed by atoms with van der Waals surface area (Å²) in [5.74, 6) is 0.119. The van der Waals surface area contributed by atoms with Gasteiger partial charge in [0, 0.05) is 34.2 Å². The molecule has 0 fully saturated rings. The number of ether oxygens (including phenoxy) is 2. The fraction of sp³-hybridized carbons (Fsp3) is 0.143. The molecule has 0 aliphatic carbocycles. The monoisotopic (exact) mass is 397 g/mol. The van der Waals surface area contributed by atoms with Gasteiger partial charge in [0.15, 0.2) is 0 Å². The molecule has 28 heavy (non-hydrogen) atoms. The number of rotatable bonds is 7. The lowest BCUT2D eigenvalue weighted by Crippen LogP contribution is -2.03. The van der Waals surface area contributed by atoms with Crippen LogP contribution in [0, 0.1) is 6.92 Å². The molecule has 0 aliphatic heterocycles. The first kappa shape index (κ1) is 19.6. The maximum Gasteiger partial charge on any atom is 0.335 e. The van der Waals surface area contributed by atoms with Gasteiger partial charge in [0.1, 0.15) is 23.9 Å². The lowest BCUT2D eigenvalue weighted by Gasteiger charge is -2.12. The van der Waals surface area contributed by atoms with E-state index in [9.17, 15) is 14.1 Å². The Labute approximate surface area is 165 Å². The number of aromatic nitrogens is 1. The van der Waals surface area contributed by atoms with E-state index in [2.05, 4.69) is 4.98 Å². The molecule has 3 rings (SSSR count). The van der Waals surface area contributed by atoms with Crippen molar-refractivity contribution in [1.82, 2.24) is 4.98 Å². The summed E-state index contributed by atoms with van der Waals surface area (Å²) in [7, 11) is -1.08. The lowest BCUT2D eigenvalue weighted by molar-refractivity contribution is 0.0696. The largest absolute Gasteiger partial charge is 0.487 e. The van der Waals surface area contributed by atoms with E-state index in [-0.39, 0.29) is 12.2 Å². The maximum absolute atomic E-state index is 11.5. The molecule has 0 saturated heterocycles. The Balaban J connectivity index is 1.81. The number of carboxylic acids is 1. The number of aromatic carboxylic acids is 1. The molecule has 1 atom stereocenters. The highest BCUT2D eigenvalue weighted by molar-refractivity contribution is 7.84. The van der Waals surface area contributed by atoms with Gasteiger partial charge in [-0.15, -0.1) is 0 Å². The quantitative estimate of drug-likeness (QED) is 0.643. The Hall–Kier alpha value is -3.19. The van der Waals surface area contributed by atoms with E-state index in [1.165, 1.54) is 12.1 Å². The van der Waals surface area contributed by atoms with E-state index in [0.29, 0.717) is 22.1 Å². The molecular weight excluding hydrogens is 378 g/mol. The summed E-state index contributed by atoms with van der Waals surface area (Å²) in [6.07, 6.45) is 3.28. The van der Waals surface area contributed by atoms with Gasteiger partial charge in [-0.2, -0.15) is 0 Å². The molecule has 0 saturated carbocycles. The first-order valence-electron chi connectivity index (χ1n) is 8.45. The van der Waals surface area contributed by atoms with Gasteiger partial charge in [0.25, 0.3) is 0 Å². The number of hydrogen-bond acceptors (Lipinski definition) is 5. The molecule has 3 aromatic rings. The second-order valence-electron chi connectivity index (χ2n) is 6.08. The first-order valence-corrected chi connectivity index (χ1v) is 10.0. The van der Waals surface area contributed by atoms with Crippen molar-refractivity contribution in [3.05, 3.63) is 77.6 Å². The number of carbonyl (C=O) groups is 1. The van der Waals surface area contributed by atoms with Crippen LogP contribution in [0.2, 0.25) is 0 Å². The van der Waals surface area contributed by atoms with E-state index >= 15 is 0 Å². The average molecular weight is 397 g/mol. The summed E-state index contributed by atoms with van der Waals surface area (Å²) in [6, 6.07) is 15.0. The number of benzene rings is 2. The Morgan fingerprint density at radius 3 is 2.43 bits per heavy atom. The van der Waals surface area contributed by atoms with Crippen LogP contribution in [0.3, 0.4) is 0 Å². The van der Waals surface area contributed by atoms with Crippen LogP contribution in [0.4, 0.5) is 0 Å². The lowest BCUT2D eigenvalue weighted by atomic mass is 10.2. The summed E-state index contributed by atoms with van der Waals surface area (Å²) in [4.78, 5) is 16.4. The number of carboxylic acid groups (broad SMARTS) is 1.